The van der Waals surface area contributed by atoms with Crippen molar-refractivity contribution < 1.29 is 13.9 Å². The van der Waals surface area contributed by atoms with E-state index in [2.05, 4.69) is 0 Å². The fourth-order valence-corrected chi connectivity index (χ4v) is 2.56. The molecule has 6 heteroatoms. The Morgan fingerprint density at radius 1 is 1.13 bits per heavy atom. The highest BCUT2D eigenvalue weighted by molar-refractivity contribution is 6.30. The zero-order valence-electron chi connectivity index (χ0n) is 12.3. The van der Waals surface area contributed by atoms with Crippen LogP contribution in [0.15, 0.2) is 42.5 Å². The molecule has 23 heavy (non-hydrogen) atoms. The van der Waals surface area contributed by atoms with Crippen molar-refractivity contribution in [3.05, 3.63) is 70.2 Å². The monoisotopic (exact) mass is 338 g/mol. The predicted octanol–water partition coefficient (Wildman–Crippen LogP) is 3.28. The molecule has 122 valence electrons. The van der Waals surface area contributed by atoms with E-state index in [1.807, 2.05) is 0 Å². The van der Waals surface area contributed by atoms with Crippen molar-refractivity contribution in [2.24, 2.45) is 5.73 Å². The lowest BCUT2D eigenvalue weighted by Gasteiger charge is -2.21. The lowest BCUT2D eigenvalue weighted by atomic mass is 9.88. The van der Waals surface area contributed by atoms with Crippen molar-refractivity contribution in [1.29, 1.82) is 5.41 Å². The van der Waals surface area contributed by atoms with Crippen molar-refractivity contribution in [2.75, 3.05) is 6.61 Å². The quantitative estimate of drug-likeness (QED) is 0.707. The number of nitrogens with two attached hydrogens (primary N) is 1. The van der Waals surface area contributed by atoms with Gasteiger partial charge in [0.2, 0.25) is 0 Å². The lowest BCUT2D eigenvalue weighted by Crippen LogP contribution is -2.37. The van der Waals surface area contributed by atoms with Crippen LogP contribution in [0, 0.1) is 17.0 Å². The topological polar surface area (TPSA) is 70.1 Å². The third kappa shape index (κ3) is 4.58. The number of hydrogen-bond acceptors (Lipinski definition) is 3. The van der Waals surface area contributed by atoms with E-state index in [4.69, 9.17) is 22.7 Å². The van der Waals surface area contributed by atoms with Gasteiger partial charge in [-0.25, -0.2) is 8.78 Å². The molecule has 0 radical (unpaired) electrons. The molecule has 0 saturated heterocycles. The van der Waals surface area contributed by atoms with Crippen LogP contribution in [-0.2, 0) is 6.42 Å². The Hall–Kier alpha value is -1.82. The first-order valence-corrected chi connectivity index (χ1v) is 7.43. The second kappa shape index (κ2) is 7.64. The zero-order chi connectivity index (χ0) is 17.0. The first-order chi connectivity index (χ1) is 10.9. The van der Waals surface area contributed by atoms with Crippen LogP contribution in [0.2, 0.25) is 5.02 Å². The molecule has 2 aromatic carbocycles. The number of rotatable bonds is 6. The Bertz CT molecular complexity index is 671. The summed E-state index contributed by atoms with van der Waals surface area (Å²) in [6, 6.07) is 9.16. The zero-order valence-corrected chi connectivity index (χ0v) is 13.0. The molecule has 0 spiro atoms. The van der Waals surface area contributed by atoms with Crippen LogP contribution >= 0.6 is 11.6 Å². The van der Waals surface area contributed by atoms with Gasteiger partial charge in [-0.05, 0) is 41.8 Å². The number of halogens is 3. The van der Waals surface area contributed by atoms with Crippen molar-refractivity contribution in [3.63, 3.8) is 0 Å². The normalized spacial score (nSPS) is 13.6. The van der Waals surface area contributed by atoms with Crippen molar-refractivity contribution in [3.8, 4) is 0 Å². The predicted molar refractivity (Wildman–Crippen MR) is 87.0 cm³/mol. The molecule has 0 bridgehead atoms. The van der Waals surface area contributed by atoms with E-state index in [0.29, 0.717) is 16.1 Å². The molecule has 0 aliphatic carbocycles. The molecule has 0 aromatic heterocycles. The minimum absolute atomic E-state index is 0.0968. The Balaban J connectivity index is 2.15. The molecule has 3 nitrogen and oxygen atoms in total. The molecule has 2 rings (SSSR count). The van der Waals surface area contributed by atoms with Gasteiger partial charge < -0.3 is 16.2 Å². The van der Waals surface area contributed by atoms with Gasteiger partial charge >= 0.3 is 0 Å². The summed E-state index contributed by atoms with van der Waals surface area (Å²) in [5.74, 6) is -1.95. The Morgan fingerprint density at radius 2 is 1.70 bits per heavy atom. The van der Waals surface area contributed by atoms with Gasteiger partial charge in [-0.2, -0.15) is 0 Å². The van der Waals surface area contributed by atoms with Gasteiger partial charge in [-0.1, -0.05) is 23.7 Å². The highest BCUT2D eigenvalue weighted by atomic mass is 35.5. The first kappa shape index (κ1) is 17.5. The van der Waals surface area contributed by atoms with Gasteiger partial charge in [0, 0.05) is 28.8 Å². The number of nitrogens with one attached hydrogen (secondary N) is 1. The Labute approximate surface area is 138 Å². The third-order valence-corrected chi connectivity index (χ3v) is 3.86. The molecule has 1 unspecified atom stereocenters. The largest absolute Gasteiger partial charge is 0.395 e. The van der Waals surface area contributed by atoms with Crippen LogP contribution in [0.1, 0.15) is 17.0 Å². The highest BCUT2D eigenvalue weighted by Crippen LogP contribution is 2.21. The maximum Gasteiger partial charge on any atom is 0.126 e. The molecule has 2 aromatic rings. The summed E-state index contributed by atoms with van der Waals surface area (Å²) in [5.41, 5.74) is 7.16. The van der Waals surface area contributed by atoms with Crippen molar-refractivity contribution >= 4 is 17.3 Å². The molecular weight excluding hydrogens is 322 g/mol. The van der Waals surface area contributed by atoms with Crippen LogP contribution in [0.4, 0.5) is 8.78 Å². The summed E-state index contributed by atoms with van der Waals surface area (Å²) in [6.45, 7) is -0.286. The molecule has 0 aliphatic heterocycles. The number of aliphatic hydroxyl groups excluding tert-OH is 1. The molecule has 0 aliphatic rings. The average molecular weight is 339 g/mol. The van der Waals surface area contributed by atoms with Crippen LogP contribution in [0.25, 0.3) is 0 Å². The van der Waals surface area contributed by atoms with Crippen LogP contribution in [0.3, 0.4) is 0 Å². The summed E-state index contributed by atoms with van der Waals surface area (Å²) < 4.78 is 26.4. The summed E-state index contributed by atoms with van der Waals surface area (Å²) in [6.07, 6.45) is 0.109. The van der Waals surface area contributed by atoms with E-state index in [-0.39, 0.29) is 18.7 Å². The second-order valence-corrected chi connectivity index (χ2v) is 5.77. The number of benzene rings is 2. The van der Waals surface area contributed by atoms with Crippen molar-refractivity contribution in [2.45, 2.75) is 18.4 Å². The van der Waals surface area contributed by atoms with E-state index < -0.39 is 23.6 Å². The molecule has 0 heterocycles. The Morgan fingerprint density at radius 3 is 2.22 bits per heavy atom. The standard InChI is InChI=1S/C17H17ClF2N2O/c18-12-3-1-11(2-4-12)15(9-23)17(22)16(21)7-10-5-13(19)8-14(20)6-10/h1-6,8,15-16,22-23H,7,9,21H2/t15?,16-/m1/s1. The SMILES string of the molecule is N=C(C(CO)c1ccc(Cl)cc1)[C@H](N)Cc1cc(F)cc(F)c1. The molecule has 2 atom stereocenters. The summed E-state index contributed by atoms with van der Waals surface area (Å²) in [5, 5.41) is 18.3. The summed E-state index contributed by atoms with van der Waals surface area (Å²) in [7, 11) is 0. The average Bonchev–Trinajstić information content (AvgIpc) is 2.48. The minimum Gasteiger partial charge on any atom is -0.395 e. The molecule has 0 amide bonds. The van der Waals surface area contributed by atoms with E-state index in [9.17, 15) is 13.9 Å². The second-order valence-electron chi connectivity index (χ2n) is 5.33. The first-order valence-electron chi connectivity index (χ1n) is 7.06. The Kier molecular flexibility index (Phi) is 5.82. The summed E-state index contributed by atoms with van der Waals surface area (Å²) in [4.78, 5) is 0. The maximum atomic E-state index is 13.2. The number of hydrogen-bond donors (Lipinski definition) is 3. The highest BCUT2D eigenvalue weighted by Gasteiger charge is 2.22. The molecule has 0 saturated carbocycles. The smallest absolute Gasteiger partial charge is 0.126 e. The van der Waals surface area contributed by atoms with Gasteiger partial charge in [0.25, 0.3) is 0 Å². The van der Waals surface area contributed by atoms with E-state index >= 15 is 0 Å². The van der Waals surface area contributed by atoms with Gasteiger partial charge in [-0.3, -0.25) is 0 Å². The molecule has 4 N–H and O–H groups in total. The van der Waals surface area contributed by atoms with Crippen LogP contribution < -0.4 is 5.73 Å². The third-order valence-electron chi connectivity index (χ3n) is 3.61. The van der Waals surface area contributed by atoms with Crippen LogP contribution in [-0.4, -0.2) is 23.5 Å². The van der Waals surface area contributed by atoms with E-state index in [1.165, 1.54) is 12.1 Å². The number of aliphatic hydroxyl groups is 1. The minimum atomic E-state index is -0.760. The fourth-order valence-electron chi connectivity index (χ4n) is 2.43. The van der Waals surface area contributed by atoms with E-state index in [0.717, 1.165) is 6.07 Å². The molecular formula is C17H17ClF2N2O. The maximum absolute atomic E-state index is 13.2. The van der Waals surface area contributed by atoms with E-state index in [1.54, 1.807) is 24.3 Å². The van der Waals surface area contributed by atoms with Gasteiger partial charge in [0.05, 0.1) is 6.61 Å². The van der Waals surface area contributed by atoms with Gasteiger partial charge in [-0.15, -0.1) is 0 Å². The molecule has 0 fully saturated rings. The van der Waals surface area contributed by atoms with Gasteiger partial charge in [0.1, 0.15) is 11.6 Å². The van der Waals surface area contributed by atoms with Gasteiger partial charge in [0.15, 0.2) is 0 Å². The lowest BCUT2D eigenvalue weighted by molar-refractivity contribution is 0.287. The van der Waals surface area contributed by atoms with Crippen LogP contribution in [0.5, 0.6) is 0 Å². The van der Waals surface area contributed by atoms with Crippen molar-refractivity contribution in [1.82, 2.24) is 0 Å². The summed E-state index contributed by atoms with van der Waals surface area (Å²) >= 11 is 5.83. The fraction of sp³-hybridized carbons (Fsp3) is 0.235.